The predicted octanol–water partition coefficient (Wildman–Crippen LogP) is 0.375. The average Bonchev–Trinajstić information content (AvgIpc) is 2.62. The van der Waals surface area contributed by atoms with Crippen molar-refractivity contribution in [3.63, 3.8) is 0 Å². The van der Waals surface area contributed by atoms with Crippen LogP contribution >= 0.6 is 0 Å². The lowest BCUT2D eigenvalue weighted by atomic mass is 10.1. The van der Waals surface area contributed by atoms with E-state index in [9.17, 15) is 14.4 Å². The molecule has 0 bridgehead atoms. The number of nitrogens with zero attached hydrogens (tertiary/aromatic N) is 2. The van der Waals surface area contributed by atoms with Gasteiger partial charge in [0.1, 0.15) is 6.54 Å². The molecule has 1 N–H and O–H groups in total. The van der Waals surface area contributed by atoms with E-state index in [1.165, 1.54) is 0 Å². The Morgan fingerprint density at radius 1 is 1.26 bits per heavy atom. The zero-order valence-electron chi connectivity index (χ0n) is 11.1. The summed E-state index contributed by atoms with van der Waals surface area (Å²) in [4.78, 5) is 34.9. The molecule has 0 unspecified atom stereocenters. The Balaban J connectivity index is 2.36. The van der Waals surface area contributed by atoms with Crippen molar-refractivity contribution in [2.24, 2.45) is 7.05 Å². The molecule has 0 aliphatic carbocycles. The van der Waals surface area contributed by atoms with Gasteiger partial charge >= 0.3 is 0 Å². The standard InChI is InChI=1S/C13H15N3O3/c1-8-6-10(9(2)15(8)3)11(17)7-16-13(19)5-4-12(18)14-16/h4-6H,7H2,1-3H3,(H,14,18). The van der Waals surface area contributed by atoms with Crippen LogP contribution in [-0.2, 0) is 13.6 Å². The molecule has 0 amide bonds. The number of hydrogen-bond donors (Lipinski definition) is 1. The molecule has 19 heavy (non-hydrogen) atoms. The lowest BCUT2D eigenvalue weighted by molar-refractivity contribution is 0.0964. The minimum Gasteiger partial charge on any atom is -0.351 e. The Hall–Kier alpha value is -2.37. The van der Waals surface area contributed by atoms with E-state index in [0.717, 1.165) is 28.2 Å². The van der Waals surface area contributed by atoms with Crippen LogP contribution in [0.5, 0.6) is 0 Å². The number of hydrogen-bond acceptors (Lipinski definition) is 3. The summed E-state index contributed by atoms with van der Waals surface area (Å²) < 4.78 is 2.93. The number of nitrogens with one attached hydrogen (secondary N) is 1. The van der Waals surface area contributed by atoms with E-state index in [-0.39, 0.29) is 12.3 Å². The third kappa shape index (κ3) is 2.42. The van der Waals surface area contributed by atoms with Crippen LogP contribution in [0.2, 0.25) is 0 Å². The summed E-state index contributed by atoms with van der Waals surface area (Å²) in [5.74, 6) is -0.204. The van der Waals surface area contributed by atoms with Crippen molar-refractivity contribution < 1.29 is 4.79 Å². The van der Waals surface area contributed by atoms with Gasteiger partial charge in [0.05, 0.1) is 0 Å². The number of carbonyl (C=O) groups excluding carboxylic acids is 1. The largest absolute Gasteiger partial charge is 0.351 e. The molecule has 6 heteroatoms. The highest BCUT2D eigenvalue weighted by molar-refractivity contribution is 5.97. The third-order valence-electron chi connectivity index (χ3n) is 3.27. The first-order chi connectivity index (χ1) is 8.90. The summed E-state index contributed by atoms with van der Waals surface area (Å²) in [5, 5.41) is 2.34. The molecule has 0 aliphatic heterocycles. The van der Waals surface area contributed by atoms with Crippen molar-refractivity contribution in [3.8, 4) is 0 Å². The Labute approximate surface area is 109 Å². The molecule has 0 atom stereocenters. The van der Waals surface area contributed by atoms with Crippen LogP contribution in [0.4, 0.5) is 0 Å². The molecule has 0 saturated heterocycles. The quantitative estimate of drug-likeness (QED) is 0.811. The third-order valence-corrected chi connectivity index (χ3v) is 3.27. The monoisotopic (exact) mass is 261 g/mol. The molecule has 0 saturated carbocycles. The SMILES string of the molecule is Cc1cc(C(=O)Cn2[nH]c(=O)ccc2=O)c(C)n1C. The fourth-order valence-corrected chi connectivity index (χ4v) is 1.95. The summed E-state index contributed by atoms with van der Waals surface area (Å²) in [6.45, 7) is 3.58. The van der Waals surface area contributed by atoms with Gasteiger partial charge in [-0.05, 0) is 19.9 Å². The van der Waals surface area contributed by atoms with Crippen LogP contribution in [0.25, 0.3) is 0 Å². The van der Waals surface area contributed by atoms with E-state index in [2.05, 4.69) is 5.10 Å². The number of rotatable bonds is 3. The van der Waals surface area contributed by atoms with Crippen LogP contribution in [0.1, 0.15) is 21.7 Å². The van der Waals surface area contributed by atoms with E-state index >= 15 is 0 Å². The predicted molar refractivity (Wildman–Crippen MR) is 70.5 cm³/mol. The number of aromatic amines is 1. The summed E-state index contributed by atoms with van der Waals surface area (Å²) in [5.41, 5.74) is 1.56. The summed E-state index contributed by atoms with van der Waals surface area (Å²) in [6.07, 6.45) is 0. The second kappa shape index (κ2) is 4.72. The van der Waals surface area contributed by atoms with Crippen molar-refractivity contribution >= 4 is 5.78 Å². The van der Waals surface area contributed by atoms with E-state index in [0.29, 0.717) is 5.56 Å². The highest BCUT2D eigenvalue weighted by Gasteiger charge is 2.15. The minimum atomic E-state index is -0.409. The normalized spacial score (nSPS) is 10.7. The molecule has 2 heterocycles. The van der Waals surface area contributed by atoms with E-state index < -0.39 is 11.1 Å². The summed E-state index contributed by atoms with van der Waals surface area (Å²) in [6, 6.07) is 4.07. The van der Waals surface area contributed by atoms with Crippen LogP contribution in [-0.4, -0.2) is 20.1 Å². The first-order valence-electron chi connectivity index (χ1n) is 5.86. The number of H-pyrrole nitrogens is 1. The average molecular weight is 261 g/mol. The van der Waals surface area contributed by atoms with Crippen molar-refractivity contribution in [1.29, 1.82) is 0 Å². The van der Waals surface area contributed by atoms with Gasteiger partial charge in [0.2, 0.25) is 0 Å². The first kappa shape index (κ1) is 13.1. The van der Waals surface area contributed by atoms with Crippen LogP contribution in [0.3, 0.4) is 0 Å². The van der Waals surface area contributed by atoms with Gasteiger partial charge in [0.25, 0.3) is 11.1 Å². The molecule has 6 nitrogen and oxygen atoms in total. The van der Waals surface area contributed by atoms with Gasteiger partial charge in [0, 0.05) is 36.1 Å². The van der Waals surface area contributed by atoms with Gasteiger partial charge in [-0.25, -0.2) is 4.68 Å². The van der Waals surface area contributed by atoms with E-state index in [1.54, 1.807) is 6.07 Å². The van der Waals surface area contributed by atoms with Gasteiger partial charge in [0.15, 0.2) is 5.78 Å². The maximum absolute atomic E-state index is 12.2. The minimum absolute atomic E-state index is 0.167. The second-order valence-electron chi connectivity index (χ2n) is 4.50. The number of Topliss-reactive ketones (excluding diaryl/α,β-unsaturated/α-hetero) is 1. The topological polar surface area (TPSA) is 76.9 Å². The maximum Gasteiger partial charge on any atom is 0.265 e. The fourth-order valence-electron chi connectivity index (χ4n) is 1.95. The molecule has 0 fully saturated rings. The highest BCUT2D eigenvalue weighted by atomic mass is 16.2. The molecule has 2 aromatic rings. The van der Waals surface area contributed by atoms with Gasteiger partial charge in [-0.1, -0.05) is 0 Å². The molecule has 0 aromatic carbocycles. The zero-order valence-corrected chi connectivity index (χ0v) is 11.1. The number of aryl methyl sites for hydroxylation is 1. The van der Waals surface area contributed by atoms with Crippen molar-refractivity contribution in [1.82, 2.24) is 14.3 Å². The van der Waals surface area contributed by atoms with Crippen LogP contribution in [0, 0.1) is 13.8 Å². The molecule has 0 aliphatic rings. The summed E-state index contributed by atoms with van der Waals surface area (Å²) >= 11 is 0. The van der Waals surface area contributed by atoms with Gasteiger partial charge < -0.3 is 4.57 Å². The molecule has 2 rings (SSSR count). The maximum atomic E-state index is 12.2. The Morgan fingerprint density at radius 3 is 2.53 bits per heavy atom. The Morgan fingerprint density at radius 2 is 1.95 bits per heavy atom. The van der Waals surface area contributed by atoms with Crippen molar-refractivity contribution in [2.45, 2.75) is 20.4 Å². The first-order valence-corrected chi connectivity index (χ1v) is 5.86. The highest BCUT2D eigenvalue weighted by Crippen LogP contribution is 2.14. The van der Waals surface area contributed by atoms with Gasteiger partial charge in [-0.15, -0.1) is 0 Å². The van der Waals surface area contributed by atoms with Crippen molar-refractivity contribution in [2.75, 3.05) is 0 Å². The fraction of sp³-hybridized carbons (Fsp3) is 0.308. The number of ketones is 1. The second-order valence-corrected chi connectivity index (χ2v) is 4.50. The molecular weight excluding hydrogens is 246 g/mol. The Bertz CT molecular complexity index is 749. The molecule has 100 valence electrons. The number of aromatic nitrogens is 3. The van der Waals surface area contributed by atoms with Gasteiger partial charge in [-0.3, -0.25) is 19.5 Å². The molecule has 2 aromatic heterocycles. The van der Waals surface area contributed by atoms with Crippen molar-refractivity contribution in [3.05, 3.63) is 55.9 Å². The molecule has 0 radical (unpaired) electrons. The lowest BCUT2D eigenvalue weighted by Gasteiger charge is -2.04. The van der Waals surface area contributed by atoms with Gasteiger partial charge in [-0.2, -0.15) is 0 Å². The van der Waals surface area contributed by atoms with E-state index in [4.69, 9.17) is 0 Å². The number of carbonyl (C=O) groups is 1. The van der Waals surface area contributed by atoms with Crippen LogP contribution in [0.15, 0.2) is 27.8 Å². The molecule has 0 spiro atoms. The van der Waals surface area contributed by atoms with E-state index in [1.807, 2.05) is 25.5 Å². The molecular formula is C13H15N3O3. The zero-order chi connectivity index (χ0) is 14.2. The lowest BCUT2D eigenvalue weighted by Crippen LogP contribution is -2.30. The van der Waals surface area contributed by atoms with Crippen LogP contribution < -0.4 is 11.1 Å². The Kier molecular flexibility index (Phi) is 3.25. The summed E-state index contributed by atoms with van der Waals surface area (Å²) in [7, 11) is 1.87. The smallest absolute Gasteiger partial charge is 0.265 e.